The molecule has 0 spiro atoms. The van der Waals surface area contributed by atoms with Crippen molar-refractivity contribution in [3.8, 4) is 0 Å². The summed E-state index contributed by atoms with van der Waals surface area (Å²) in [5, 5.41) is 0. The van der Waals surface area contributed by atoms with Gasteiger partial charge >= 0.3 is 0 Å². The summed E-state index contributed by atoms with van der Waals surface area (Å²) in [5.74, 6) is -0.245. The summed E-state index contributed by atoms with van der Waals surface area (Å²) >= 11 is 0. The minimum Gasteiger partial charge on any atom is -0.330 e. The second-order valence-corrected chi connectivity index (χ2v) is 8.31. The second-order valence-electron chi connectivity index (χ2n) is 8.31. The Balaban J connectivity index is 1.49. The number of imide groups is 1. The van der Waals surface area contributed by atoms with E-state index in [1.165, 1.54) is 4.90 Å². The molecule has 0 radical (unpaired) electrons. The van der Waals surface area contributed by atoms with E-state index in [9.17, 15) is 14.4 Å². The molecule has 144 valence electrons. The van der Waals surface area contributed by atoms with Gasteiger partial charge in [0.25, 0.3) is 5.91 Å². The van der Waals surface area contributed by atoms with Crippen LogP contribution in [0.25, 0.3) is 0 Å². The molecule has 3 amide bonds. The molecule has 5 heteroatoms. The highest BCUT2D eigenvalue weighted by Gasteiger charge is 2.48. The number of likely N-dealkylation sites (tertiary alicyclic amines) is 2. The molecule has 4 rings (SSSR count). The average molecular weight is 376 g/mol. The molecule has 0 saturated carbocycles. The number of hydrogen-bond acceptors (Lipinski definition) is 3. The summed E-state index contributed by atoms with van der Waals surface area (Å²) in [7, 11) is 0. The van der Waals surface area contributed by atoms with Crippen LogP contribution in [-0.2, 0) is 16.1 Å². The van der Waals surface area contributed by atoms with Crippen LogP contribution in [0.1, 0.15) is 54.2 Å². The Hall–Kier alpha value is -2.95. The molecular formula is C23H24N2O3. The molecule has 2 aliphatic rings. The zero-order chi connectivity index (χ0) is 19.9. The lowest BCUT2D eigenvalue weighted by molar-refractivity contribution is -0.139. The Labute approximate surface area is 164 Å². The molecule has 28 heavy (non-hydrogen) atoms. The lowest BCUT2D eigenvalue weighted by Gasteiger charge is -2.54. The third-order valence-corrected chi connectivity index (χ3v) is 5.70. The third-order valence-electron chi connectivity index (χ3n) is 5.70. The Kier molecular flexibility index (Phi) is 4.53. The summed E-state index contributed by atoms with van der Waals surface area (Å²) in [6, 6.07) is 17.4. The van der Waals surface area contributed by atoms with Crippen molar-refractivity contribution in [3.05, 3.63) is 71.3 Å². The monoisotopic (exact) mass is 376 g/mol. The highest BCUT2D eigenvalue weighted by molar-refractivity contribution is 6.01. The van der Waals surface area contributed by atoms with Crippen LogP contribution in [0.5, 0.6) is 0 Å². The maximum absolute atomic E-state index is 13.1. The molecule has 2 heterocycles. The average Bonchev–Trinajstić information content (AvgIpc) is 2.99. The standard InChI is InChI=1S/C23H24N2O3/c1-23(2)15-25(21(23)17-6-4-3-5-7-17)22(28)18-10-8-16(9-11-18)14-24-19(26)12-13-20(24)27/h3-11,21H,12-15H2,1-2H3/t21-/m0/s1. The number of nitrogens with zero attached hydrogens (tertiary/aromatic N) is 2. The van der Waals surface area contributed by atoms with Gasteiger partial charge in [-0.25, -0.2) is 0 Å². The molecule has 2 aliphatic heterocycles. The Morgan fingerprint density at radius 1 is 0.964 bits per heavy atom. The third kappa shape index (κ3) is 3.21. The Bertz CT molecular complexity index is 903. The van der Waals surface area contributed by atoms with Gasteiger partial charge in [0.15, 0.2) is 0 Å². The summed E-state index contributed by atoms with van der Waals surface area (Å²) in [4.78, 5) is 39.8. The molecule has 0 bridgehead atoms. The van der Waals surface area contributed by atoms with Gasteiger partial charge in [0.05, 0.1) is 12.6 Å². The van der Waals surface area contributed by atoms with Gasteiger partial charge in [0.1, 0.15) is 0 Å². The molecule has 1 atom stereocenters. The van der Waals surface area contributed by atoms with Gasteiger partial charge in [-0.15, -0.1) is 0 Å². The predicted octanol–water partition coefficient (Wildman–Crippen LogP) is 3.56. The molecule has 2 saturated heterocycles. The van der Waals surface area contributed by atoms with Gasteiger partial charge < -0.3 is 4.90 Å². The molecule has 0 aliphatic carbocycles. The number of rotatable bonds is 4. The van der Waals surface area contributed by atoms with Crippen LogP contribution in [0.3, 0.4) is 0 Å². The van der Waals surface area contributed by atoms with E-state index in [0.717, 1.165) is 11.1 Å². The van der Waals surface area contributed by atoms with Gasteiger partial charge in [0.2, 0.25) is 11.8 Å². The van der Waals surface area contributed by atoms with E-state index in [0.29, 0.717) is 24.9 Å². The Morgan fingerprint density at radius 3 is 2.14 bits per heavy atom. The summed E-state index contributed by atoms with van der Waals surface area (Å²) in [6.45, 7) is 5.35. The van der Waals surface area contributed by atoms with Crippen molar-refractivity contribution in [2.24, 2.45) is 5.41 Å². The van der Waals surface area contributed by atoms with Crippen molar-refractivity contribution in [1.29, 1.82) is 0 Å². The van der Waals surface area contributed by atoms with Crippen LogP contribution in [0.15, 0.2) is 54.6 Å². The summed E-state index contributed by atoms with van der Waals surface area (Å²) in [6.07, 6.45) is 0.585. The molecule has 2 fully saturated rings. The largest absolute Gasteiger partial charge is 0.330 e. The highest BCUT2D eigenvalue weighted by Crippen LogP contribution is 2.48. The van der Waals surface area contributed by atoms with Crippen molar-refractivity contribution in [2.75, 3.05) is 6.54 Å². The van der Waals surface area contributed by atoms with Crippen molar-refractivity contribution in [2.45, 2.75) is 39.3 Å². The van der Waals surface area contributed by atoms with Gasteiger partial charge in [0, 0.05) is 30.4 Å². The van der Waals surface area contributed by atoms with Crippen LogP contribution in [0, 0.1) is 5.41 Å². The first-order valence-electron chi connectivity index (χ1n) is 9.65. The van der Waals surface area contributed by atoms with Crippen LogP contribution in [0.4, 0.5) is 0 Å². The number of carbonyl (C=O) groups is 3. The fourth-order valence-corrected chi connectivity index (χ4v) is 4.28. The summed E-state index contributed by atoms with van der Waals surface area (Å²) in [5.41, 5.74) is 2.66. The molecule has 0 aromatic heterocycles. The van der Waals surface area contributed by atoms with Gasteiger partial charge in [-0.1, -0.05) is 56.3 Å². The van der Waals surface area contributed by atoms with E-state index in [1.54, 1.807) is 12.1 Å². The maximum atomic E-state index is 13.1. The number of hydrogen-bond donors (Lipinski definition) is 0. The summed E-state index contributed by atoms with van der Waals surface area (Å²) < 4.78 is 0. The van der Waals surface area contributed by atoms with Crippen LogP contribution >= 0.6 is 0 Å². The first-order valence-corrected chi connectivity index (χ1v) is 9.65. The van der Waals surface area contributed by atoms with E-state index in [4.69, 9.17) is 0 Å². The van der Waals surface area contributed by atoms with E-state index in [1.807, 2.05) is 35.2 Å². The molecular weight excluding hydrogens is 352 g/mol. The molecule has 0 N–H and O–H groups in total. The van der Waals surface area contributed by atoms with Crippen LogP contribution in [-0.4, -0.2) is 34.1 Å². The smallest absolute Gasteiger partial charge is 0.254 e. The van der Waals surface area contributed by atoms with E-state index >= 15 is 0 Å². The molecule has 2 aromatic carbocycles. The molecule has 2 aromatic rings. The van der Waals surface area contributed by atoms with E-state index in [-0.39, 0.29) is 35.7 Å². The highest BCUT2D eigenvalue weighted by atomic mass is 16.2. The fourth-order valence-electron chi connectivity index (χ4n) is 4.28. The van der Waals surface area contributed by atoms with Gasteiger partial charge in [-0.05, 0) is 23.3 Å². The van der Waals surface area contributed by atoms with Gasteiger partial charge in [-0.2, -0.15) is 0 Å². The lowest BCUT2D eigenvalue weighted by atomic mass is 9.71. The van der Waals surface area contributed by atoms with Crippen molar-refractivity contribution in [3.63, 3.8) is 0 Å². The fraction of sp³-hybridized carbons (Fsp3) is 0.348. The Morgan fingerprint density at radius 2 is 1.57 bits per heavy atom. The van der Waals surface area contributed by atoms with Crippen LogP contribution in [0.2, 0.25) is 0 Å². The quantitative estimate of drug-likeness (QED) is 0.767. The zero-order valence-electron chi connectivity index (χ0n) is 16.2. The minimum atomic E-state index is -0.126. The molecule has 0 unspecified atom stereocenters. The van der Waals surface area contributed by atoms with Crippen molar-refractivity contribution in [1.82, 2.24) is 9.80 Å². The minimum absolute atomic E-state index is 0.00746. The predicted molar refractivity (Wildman–Crippen MR) is 105 cm³/mol. The van der Waals surface area contributed by atoms with E-state index in [2.05, 4.69) is 26.0 Å². The molecule has 5 nitrogen and oxygen atoms in total. The maximum Gasteiger partial charge on any atom is 0.254 e. The van der Waals surface area contributed by atoms with Crippen LogP contribution < -0.4 is 0 Å². The number of amides is 3. The number of carbonyl (C=O) groups excluding carboxylic acids is 3. The SMILES string of the molecule is CC1(C)CN(C(=O)c2ccc(CN3C(=O)CCC3=O)cc2)[C@H]1c1ccccc1. The normalized spacial score (nSPS) is 21.0. The van der Waals surface area contributed by atoms with Gasteiger partial charge in [-0.3, -0.25) is 19.3 Å². The first-order chi connectivity index (χ1) is 13.4. The second kappa shape index (κ2) is 6.89. The van der Waals surface area contributed by atoms with Crippen molar-refractivity contribution >= 4 is 17.7 Å². The number of benzene rings is 2. The zero-order valence-corrected chi connectivity index (χ0v) is 16.2. The topological polar surface area (TPSA) is 57.7 Å². The lowest BCUT2D eigenvalue weighted by Crippen LogP contribution is -2.57. The van der Waals surface area contributed by atoms with Crippen molar-refractivity contribution < 1.29 is 14.4 Å². The first kappa shape index (κ1) is 18.4. The van der Waals surface area contributed by atoms with E-state index < -0.39 is 0 Å².